The van der Waals surface area contributed by atoms with Crippen LogP contribution in [0.15, 0.2) is 5.16 Å². The fourth-order valence-corrected chi connectivity index (χ4v) is 3.86. The second-order valence-corrected chi connectivity index (χ2v) is 6.18. The molecular weight excluding hydrogens is 268 g/mol. The molecule has 116 valence electrons. The van der Waals surface area contributed by atoms with Crippen molar-refractivity contribution in [2.45, 2.75) is 38.3 Å². The Hall–Kier alpha value is -1.76. The number of aromatic nitrogens is 2. The summed E-state index contributed by atoms with van der Waals surface area (Å²) in [6.45, 7) is 3.85. The van der Waals surface area contributed by atoms with Crippen LogP contribution in [-0.2, 0) is 7.05 Å². The SMILES string of the molecule is Cc1nn(C)c(N2CCC3CCC(C2)N3C)c1C(N)=NO. The van der Waals surface area contributed by atoms with Gasteiger partial charge in [-0.3, -0.25) is 9.58 Å². The monoisotopic (exact) mass is 292 g/mol. The van der Waals surface area contributed by atoms with Gasteiger partial charge in [-0.25, -0.2) is 0 Å². The maximum Gasteiger partial charge on any atom is 0.175 e. The zero-order valence-corrected chi connectivity index (χ0v) is 13.0. The van der Waals surface area contributed by atoms with Crippen LogP contribution in [0, 0.1) is 6.92 Å². The molecule has 0 radical (unpaired) electrons. The summed E-state index contributed by atoms with van der Waals surface area (Å²) in [6.07, 6.45) is 3.69. The number of anilines is 1. The predicted molar refractivity (Wildman–Crippen MR) is 81.9 cm³/mol. The van der Waals surface area contributed by atoms with E-state index in [0.29, 0.717) is 12.1 Å². The number of rotatable bonds is 2. The molecule has 7 heteroatoms. The van der Waals surface area contributed by atoms with Crippen molar-refractivity contribution in [3.63, 3.8) is 0 Å². The van der Waals surface area contributed by atoms with Gasteiger partial charge in [-0.15, -0.1) is 0 Å². The lowest BCUT2D eigenvalue weighted by Crippen LogP contribution is -2.38. The number of nitrogens with zero attached hydrogens (tertiary/aromatic N) is 5. The first-order valence-corrected chi connectivity index (χ1v) is 7.51. The zero-order chi connectivity index (χ0) is 15.1. The maximum atomic E-state index is 9.05. The lowest BCUT2D eigenvalue weighted by molar-refractivity contribution is 0.254. The molecule has 0 amide bonds. The van der Waals surface area contributed by atoms with Crippen LogP contribution in [0.3, 0.4) is 0 Å². The molecular formula is C14H24N6O. The van der Waals surface area contributed by atoms with Gasteiger partial charge in [0.25, 0.3) is 0 Å². The van der Waals surface area contributed by atoms with Gasteiger partial charge in [-0.05, 0) is 33.2 Å². The third kappa shape index (κ3) is 2.25. The summed E-state index contributed by atoms with van der Waals surface area (Å²) >= 11 is 0. The number of likely N-dealkylation sites (N-methyl/N-ethyl adjacent to an activating group) is 1. The third-order valence-corrected chi connectivity index (χ3v) is 5.00. The molecule has 3 heterocycles. The molecule has 1 aromatic rings. The molecule has 7 nitrogen and oxygen atoms in total. The predicted octanol–water partition coefficient (Wildman–Crippen LogP) is 0.496. The van der Waals surface area contributed by atoms with Crippen LogP contribution in [0.4, 0.5) is 5.82 Å². The first-order valence-electron chi connectivity index (χ1n) is 7.51. The minimum absolute atomic E-state index is 0.137. The van der Waals surface area contributed by atoms with Gasteiger partial charge in [0, 0.05) is 32.2 Å². The molecule has 2 aliphatic rings. The van der Waals surface area contributed by atoms with E-state index < -0.39 is 0 Å². The number of oxime groups is 1. The number of hydrogen-bond donors (Lipinski definition) is 2. The topological polar surface area (TPSA) is 82.9 Å². The van der Waals surface area contributed by atoms with Crippen molar-refractivity contribution >= 4 is 11.7 Å². The molecule has 3 N–H and O–H groups in total. The third-order valence-electron chi connectivity index (χ3n) is 5.00. The van der Waals surface area contributed by atoms with Crippen molar-refractivity contribution in [3.05, 3.63) is 11.3 Å². The molecule has 3 rings (SSSR count). The van der Waals surface area contributed by atoms with Gasteiger partial charge in [-0.2, -0.15) is 5.10 Å². The van der Waals surface area contributed by atoms with Gasteiger partial charge in [0.2, 0.25) is 0 Å². The van der Waals surface area contributed by atoms with Crippen molar-refractivity contribution in [2.24, 2.45) is 17.9 Å². The van der Waals surface area contributed by atoms with Crippen LogP contribution in [0.25, 0.3) is 0 Å². The summed E-state index contributed by atoms with van der Waals surface area (Å²) in [4.78, 5) is 4.85. The molecule has 2 fully saturated rings. The van der Waals surface area contributed by atoms with Crippen LogP contribution in [0.1, 0.15) is 30.5 Å². The molecule has 21 heavy (non-hydrogen) atoms. The number of hydrogen-bond acceptors (Lipinski definition) is 5. The lowest BCUT2D eigenvalue weighted by atomic mass is 10.1. The highest BCUT2D eigenvalue weighted by Gasteiger charge is 2.36. The summed E-state index contributed by atoms with van der Waals surface area (Å²) in [6, 6.07) is 1.26. The zero-order valence-electron chi connectivity index (χ0n) is 13.0. The van der Waals surface area contributed by atoms with Gasteiger partial charge in [-0.1, -0.05) is 5.16 Å². The van der Waals surface area contributed by atoms with E-state index in [4.69, 9.17) is 10.9 Å². The van der Waals surface area contributed by atoms with Crippen LogP contribution in [-0.4, -0.2) is 57.9 Å². The summed E-state index contributed by atoms with van der Waals surface area (Å²) in [5.41, 5.74) is 7.42. The Kier molecular flexibility index (Phi) is 3.52. The average Bonchev–Trinajstić information content (AvgIpc) is 2.86. The first-order chi connectivity index (χ1) is 10.0. The Bertz CT molecular complexity index is 566. The molecule has 2 aliphatic heterocycles. The summed E-state index contributed by atoms with van der Waals surface area (Å²) < 4.78 is 1.85. The highest BCUT2D eigenvalue weighted by molar-refractivity contribution is 6.02. The highest BCUT2D eigenvalue weighted by Crippen LogP contribution is 2.32. The largest absolute Gasteiger partial charge is 0.409 e. The molecule has 0 spiro atoms. The van der Waals surface area contributed by atoms with Crippen molar-refractivity contribution in [3.8, 4) is 0 Å². The Labute approximate surface area is 125 Å². The second kappa shape index (κ2) is 5.22. The van der Waals surface area contributed by atoms with E-state index in [1.165, 1.54) is 12.8 Å². The van der Waals surface area contributed by atoms with Crippen molar-refractivity contribution in [1.82, 2.24) is 14.7 Å². The molecule has 0 aromatic carbocycles. The van der Waals surface area contributed by atoms with E-state index in [1.54, 1.807) is 0 Å². The number of nitrogens with two attached hydrogens (primary N) is 1. The molecule has 0 saturated carbocycles. The molecule has 1 aromatic heterocycles. The fraction of sp³-hybridized carbons (Fsp3) is 0.714. The average molecular weight is 292 g/mol. The van der Waals surface area contributed by atoms with Gasteiger partial charge < -0.3 is 15.8 Å². The van der Waals surface area contributed by atoms with E-state index >= 15 is 0 Å². The molecule has 2 unspecified atom stereocenters. The van der Waals surface area contributed by atoms with Gasteiger partial charge >= 0.3 is 0 Å². The van der Waals surface area contributed by atoms with E-state index in [1.807, 2.05) is 18.7 Å². The normalized spacial score (nSPS) is 27.2. The van der Waals surface area contributed by atoms with Gasteiger partial charge in [0.15, 0.2) is 5.84 Å². The number of fused-ring (bicyclic) bond motifs is 2. The number of aryl methyl sites for hydroxylation is 2. The lowest BCUT2D eigenvalue weighted by Gasteiger charge is -2.28. The Morgan fingerprint density at radius 2 is 2.00 bits per heavy atom. The summed E-state index contributed by atoms with van der Waals surface area (Å²) in [5.74, 6) is 1.10. The first kappa shape index (κ1) is 14.2. The minimum atomic E-state index is 0.137. The highest BCUT2D eigenvalue weighted by atomic mass is 16.4. The van der Waals surface area contributed by atoms with Crippen LogP contribution >= 0.6 is 0 Å². The molecule has 2 bridgehead atoms. The fourth-order valence-electron chi connectivity index (χ4n) is 3.86. The van der Waals surface area contributed by atoms with Crippen molar-refractivity contribution in [2.75, 3.05) is 25.0 Å². The van der Waals surface area contributed by atoms with E-state index in [2.05, 4.69) is 27.1 Å². The minimum Gasteiger partial charge on any atom is -0.409 e. The Morgan fingerprint density at radius 1 is 1.29 bits per heavy atom. The molecule has 2 atom stereocenters. The van der Waals surface area contributed by atoms with E-state index in [9.17, 15) is 0 Å². The van der Waals surface area contributed by atoms with Crippen LogP contribution in [0.5, 0.6) is 0 Å². The quantitative estimate of drug-likeness (QED) is 0.359. The smallest absolute Gasteiger partial charge is 0.175 e. The Balaban J connectivity index is 1.97. The van der Waals surface area contributed by atoms with E-state index in [0.717, 1.165) is 36.6 Å². The molecule has 0 aliphatic carbocycles. The van der Waals surface area contributed by atoms with Crippen LogP contribution < -0.4 is 10.6 Å². The van der Waals surface area contributed by atoms with Gasteiger partial charge in [0.1, 0.15) is 5.82 Å². The van der Waals surface area contributed by atoms with E-state index in [-0.39, 0.29) is 5.84 Å². The summed E-state index contributed by atoms with van der Waals surface area (Å²) in [5, 5.41) is 16.7. The molecule has 2 saturated heterocycles. The van der Waals surface area contributed by atoms with Crippen molar-refractivity contribution in [1.29, 1.82) is 0 Å². The summed E-state index contributed by atoms with van der Waals surface area (Å²) in [7, 11) is 4.15. The second-order valence-electron chi connectivity index (χ2n) is 6.18. The van der Waals surface area contributed by atoms with Crippen molar-refractivity contribution < 1.29 is 5.21 Å². The standard InChI is InChI=1S/C14H24N6O/c1-9-12(13(15)17-21)14(19(3)16-9)20-7-6-10-4-5-11(8-20)18(10)2/h10-11,21H,4-8H2,1-3H3,(H2,15,17). The van der Waals surface area contributed by atoms with Gasteiger partial charge in [0.05, 0.1) is 11.3 Å². The maximum absolute atomic E-state index is 9.05. The Morgan fingerprint density at radius 3 is 2.71 bits per heavy atom. The number of amidine groups is 1. The van der Waals surface area contributed by atoms with Crippen LogP contribution in [0.2, 0.25) is 0 Å².